The third-order valence-corrected chi connectivity index (χ3v) is 6.81. The van der Waals surface area contributed by atoms with Crippen LogP contribution in [0.15, 0.2) is 55.0 Å². The number of benzene rings is 1. The van der Waals surface area contributed by atoms with Gasteiger partial charge in [-0.15, -0.1) is 0 Å². The molecule has 8 nitrogen and oxygen atoms in total. The van der Waals surface area contributed by atoms with Crippen LogP contribution in [0.1, 0.15) is 43.7 Å². The van der Waals surface area contributed by atoms with Crippen LogP contribution in [0.4, 0.5) is 11.5 Å². The Morgan fingerprint density at radius 3 is 2.74 bits per heavy atom. The summed E-state index contributed by atoms with van der Waals surface area (Å²) in [5, 5.41) is 21.2. The average molecular weight is 471 g/mol. The summed E-state index contributed by atoms with van der Waals surface area (Å²) in [7, 11) is 1.98. The predicted octanol–water partition coefficient (Wildman–Crippen LogP) is 3.89. The van der Waals surface area contributed by atoms with Crippen molar-refractivity contribution in [2.45, 2.75) is 39.0 Å². The maximum atomic E-state index is 12.4. The fraction of sp³-hybridized carbons (Fsp3) is 0.296. The van der Waals surface area contributed by atoms with Crippen molar-refractivity contribution in [2.75, 3.05) is 11.9 Å². The number of carbonyl (C=O) groups excluding carboxylic acids is 1. The minimum Gasteiger partial charge on any atom is -0.374 e. The number of rotatable bonds is 6. The highest BCUT2D eigenvalue weighted by Gasteiger charge is 2.30. The first-order chi connectivity index (χ1) is 16.8. The molecule has 180 valence electrons. The molecule has 0 radical (unpaired) electrons. The minimum absolute atomic E-state index is 0.0336. The summed E-state index contributed by atoms with van der Waals surface area (Å²) in [5.41, 5.74) is 5.89. The van der Waals surface area contributed by atoms with Crippen molar-refractivity contribution in [1.82, 2.24) is 25.2 Å². The number of aromatic nitrogens is 3. The van der Waals surface area contributed by atoms with Gasteiger partial charge in [0.25, 0.3) is 0 Å². The number of pyridine rings is 2. The Bertz CT molecular complexity index is 1410. The van der Waals surface area contributed by atoms with Gasteiger partial charge in [0.2, 0.25) is 5.91 Å². The van der Waals surface area contributed by atoms with Gasteiger partial charge in [-0.05, 0) is 67.3 Å². The van der Waals surface area contributed by atoms with Gasteiger partial charge in [-0.2, -0.15) is 0 Å². The number of amides is 1. The van der Waals surface area contributed by atoms with Crippen molar-refractivity contribution in [3.05, 3.63) is 71.7 Å². The molecule has 8 heteroatoms. The van der Waals surface area contributed by atoms with Gasteiger partial charge in [0, 0.05) is 55.4 Å². The predicted molar refractivity (Wildman–Crippen MR) is 137 cm³/mol. The molecule has 0 saturated carbocycles. The summed E-state index contributed by atoms with van der Waals surface area (Å²) in [6.45, 7) is 6.83. The van der Waals surface area contributed by atoms with E-state index in [0.717, 1.165) is 44.5 Å². The Kier molecular flexibility index (Phi) is 5.78. The lowest BCUT2D eigenvalue weighted by Gasteiger charge is -2.23. The molecule has 1 aliphatic heterocycles. The molecule has 1 aromatic carbocycles. The number of likely N-dealkylation sites (N-methyl/N-ethyl adjacent to an activating group) is 1. The van der Waals surface area contributed by atoms with Gasteiger partial charge < -0.3 is 20.3 Å². The number of aliphatic hydroxyl groups is 1. The van der Waals surface area contributed by atoms with Gasteiger partial charge >= 0.3 is 0 Å². The zero-order valence-corrected chi connectivity index (χ0v) is 20.4. The first-order valence-corrected chi connectivity index (χ1v) is 11.8. The Morgan fingerprint density at radius 2 is 2.00 bits per heavy atom. The number of fused-ring (bicyclic) bond motifs is 2. The molecule has 4 N–H and O–H groups in total. The Labute approximate surface area is 204 Å². The van der Waals surface area contributed by atoms with Crippen molar-refractivity contribution in [1.29, 1.82) is 0 Å². The molecule has 0 bridgehead atoms. The highest BCUT2D eigenvalue weighted by Crippen LogP contribution is 2.40. The van der Waals surface area contributed by atoms with Crippen LogP contribution in [0.2, 0.25) is 0 Å². The van der Waals surface area contributed by atoms with Crippen LogP contribution in [-0.2, 0) is 23.8 Å². The third kappa shape index (κ3) is 3.94. The van der Waals surface area contributed by atoms with Crippen LogP contribution < -0.4 is 16.0 Å². The normalized spacial score (nSPS) is 15.3. The van der Waals surface area contributed by atoms with Crippen molar-refractivity contribution in [2.24, 2.45) is 7.05 Å². The van der Waals surface area contributed by atoms with Gasteiger partial charge in [0.1, 0.15) is 17.7 Å². The van der Waals surface area contributed by atoms with Gasteiger partial charge in [0.05, 0.1) is 5.41 Å². The molecule has 0 saturated heterocycles. The zero-order valence-electron chi connectivity index (χ0n) is 20.4. The summed E-state index contributed by atoms with van der Waals surface area (Å²) in [5.74, 6) is 0.609. The fourth-order valence-corrected chi connectivity index (χ4v) is 4.72. The molecule has 4 aromatic rings. The standard InChI is InChI=1S/C27H30N6O2/c1-5-28-26(35)27(2,3)16-6-9-22(30-14-16)32-21-8-7-17(20-15-31-25(34)23(20)21)18-10-12-29-24-19(18)11-13-33(24)4/h6-14,25,31,34H,5,15H2,1-4H3,(H,28,35)(H,30,32). The van der Waals surface area contributed by atoms with Crippen molar-refractivity contribution >= 4 is 28.4 Å². The number of nitrogens with one attached hydrogen (secondary N) is 3. The second-order valence-corrected chi connectivity index (χ2v) is 9.40. The van der Waals surface area contributed by atoms with E-state index in [0.29, 0.717) is 18.9 Å². The van der Waals surface area contributed by atoms with Gasteiger partial charge in [-0.1, -0.05) is 12.1 Å². The lowest BCUT2D eigenvalue weighted by atomic mass is 9.84. The number of carbonyl (C=O) groups is 1. The number of hydrogen-bond donors (Lipinski definition) is 4. The second-order valence-electron chi connectivity index (χ2n) is 9.40. The van der Waals surface area contributed by atoms with Crippen molar-refractivity contribution in [3.8, 4) is 11.1 Å². The van der Waals surface area contributed by atoms with E-state index < -0.39 is 11.6 Å². The molecular weight excluding hydrogens is 440 g/mol. The van der Waals surface area contributed by atoms with E-state index in [1.54, 1.807) is 6.20 Å². The maximum Gasteiger partial charge on any atom is 0.230 e. The maximum absolute atomic E-state index is 12.4. The second kappa shape index (κ2) is 8.79. The van der Waals surface area contributed by atoms with Crippen LogP contribution in [0.25, 0.3) is 22.2 Å². The van der Waals surface area contributed by atoms with Crippen LogP contribution in [0, 0.1) is 0 Å². The van der Waals surface area contributed by atoms with Crippen LogP contribution >= 0.6 is 0 Å². The first kappa shape index (κ1) is 23.0. The molecule has 0 fully saturated rings. The molecule has 0 aliphatic carbocycles. The third-order valence-electron chi connectivity index (χ3n) is 6.81. The van der Waals surface area contributed by atoms with E-state index in [-0.39, 0.29) is 5.91 Å². The smallest absolute Gasteiger partial charge is 0.230 e. The Balaban J connectivity index is 1.48. The summed E-state index contributed by atoms with van der Waals surface area (Å²) in [6.07, 6.45) is 4.77. The minimum atomic E-state index is -0.781. The van der Waals surface area contributed by atoms with E-state index in [4.69, 9.17) is 0 Å². The highest BCUT2D eigenvalue weighted by molar-refractivity contribution is 5.95. The number of aliphatic hydroxyl groups excluding tert-OH is 1. The summed E-state index contributed by atoms with van der Waals surface area (Å²) < 4.78 is 2.00. The fourth-order valence-electron chi connectivity index (χ4n) is 4.72. The van der Waals surface area contributed by atoms with Crippen LogP contribution in [0.3, 0.4) is 0 Å². The molecular formula is C27H30N6O2. The topological polar surface area (TPSA) is 104 Å². The number of hydrogen-bond acceptors (Lipinski definition) is 6. The largest absolute Gasteiger partial charge is 0.374 e. The lowest BCUT2D eigenvalue weighted by molar-refractivity contribution is -0.125. The SMILES string of the molecule is CCNC(=O)C(C)(C)c1ccc(Nc2ccc(-c3ccnc4c3ccn4C)c3c2C(O)NC3)nc1. The molecule has 1 atom stereocenters. The van der Waals surface area contributed by atoms with Gasteiger partial charge in [-0.3, -0.25) is 10.1 Å². The van der Waals surface area contributed by atoms with Crippen LogP contribution in [0.5, 0.6) is 0 Å². The van der Waals surface area contributed by atoms with E-state index >= 15 is 0 Å². The lowest BCUT2D eigenvalue weighted by Crippen LogP contribution is -2.39. The number of aryl methyl sites for hydroxylation is 1. The quantitative estimate of drug-likeness (QED) is 0.341. The van der Waals surface area contributed by atoms with Crippen molar-refractivity contribution < 1.29 is 9.90 Å². The van der Waals surface area contributed by atoms with Gasteiger partial charge in [0.15, 0.2) is 0 Å². The monoisotopic (exact) mass is 470 g/mol. The molecule has 35 heavy (non-hydrogen) atoms. The Hall–Kier alpha value is -3.75. The molecule has 0 spiro atoms. The number of anilines is 2. The molecule has 4 heterocycles. The van der Waals surface area contributed by atoms with E-state index in [1.165, 1.54) is 0 Å². The summed E-state index contributed by atoms with van der Waals surface area (Å²) >= 11 is 0. The zero-order chi connectivity index (χ0) is 24.7. The molecule has 1 amide bonds. The summed E-state index contributed by atoms with van der Waals surface area (Å²) in [4.78, 5) is 21.5. The van der Waals surface area contributed by atoms with Gasteiger partial charge in [-0.25, -0.2) is 9.97 Å². The van der Waals surface area contributed by atoms with E-state index in [2.05, 4.69) is 38.1 Å². The van der Waals surface area contributed by atoms with Crippen LogP contribution in [-0.4, -0.2) is 32.1 Å². The summed E-state index contributed by atoms with van der Waals surface area (Å²) in [6, 6.07) is 11.9. The number of nitrogens with zero attached hydrogens (tertiary/aromatic N) is 3. The molecule has 5 rings (SSSR count). The van der Waals surface area contributed by atoms with Crippen molar-refractivity contribution in [3.63, 3.8) is 0 Å². The molecule has 1 aliphatic rings. The highest BCUT2D eigenvalue weighted by atomic mass is 16.3. The first-order valence-electron chi connectivity index (χ1n) is 11.8. The van der Waals surface area contributed by atoms with E-state index in [1.807, 2.05) is 69.0 Å². The average Bonchev–Trinajstić information content (AvgIpc) is 3.43. The molecule has 3 aromatic heterocycles. The molecule has 1 unspecified atom stereocenters. The Morgan fingerprint density at radius 1 is 1.17 bits per heavy atom. The van der Waals surface area contributed by atoms with E-state index in [9.17, 15) is 9.90 Å².